The van der Waals surface area contributed by atoms with E-state index in [0.29, 0.717) is 5.92 Å². The maximum Gasteiger partial charge on any atom is 0.131 e. The minimum atomic E-state index is 0.693. The largest absolute Gasteiger partial charge is 0.310 e. The third-order valence-corrected chi connectivity index (χ3v) is 2.78. The van der Waals surface area contributed by atoms with E-state index in [1.165, 1.54) is 0 Å². The molecule has 0 radical (unpaired) electrons. The van der Waals surface area contributed by atoms with E-state index in [9.17, 15) is 0 Å². The Morgan fingerprint density at radius 3 is 2.64 bits per heavy atom. The van der Waals surface area contributed by atoms with Gasteiger partial charge in [0, 0.05) is 13.0 Å². The Hall–Kier alpha value is -0.480. The van der Waals surface area contributed by atoms with Crippen LogP contribution >= 0.6 is 11.3 Å². The quantitative estimate of drug-likeness (QED) is 0.787. The third kappa shape index (κ3) is 4.15. The highest BCUT2D eigenvalue weighted by Crippen LogP contribution is 2.11. The molecule has 0 saturated heterocycles. The normalized spacial score (nSPS) is 11.1. The highest BCUT2D eigenvalue weighted by atomic mass is 32.1. The Morgan fingerprint density at radius 1 is 1.29 bits per heavy atom. The molecule has 14 heavy (non-hydrogen) atoms. The highest BCUT2D eigenvalue weighted by Gasteiger charge is 2.02. The molecule has 1 aromatic rings. The maximum atomic E-state index is 4.14. The van der Waals surface area contributed by atoms with Crippen LogP contribution in [0.2, 0.25) is 0 Å². The van der Waals surface area contributed by atoms with Crippen LogP contribution in [-0.2, 0) is 13.0 Å². The smallest absolute Gasteiger partial charge is 0.131 e. The zero-order chi connectivity index (χ0) is 10.4. The van der Waals surface area contributed by atoms with E-state index in [0.717, 1.165) is 35.9 Å². The van der Waals surface area contributed by atoms with Crippen molar-refractivity contribution in [2.75, 3.05) is 6.54 Å². The van der Waals surface area contributed by atoms with Gasteiger partial charge in [-0.25, -0.2) is 0 Å². The molecule has 0 aliphatic heterocycles. The van der Waals surface area contributed by atoms with E-state index >= 15 is 0 Å². The fourth-order valence-corrected chi connectivity index (χ4v) is 2.06. The fraction of sp³-hybridized carbons (Fsp3) is 0.800. The standard InChI is InChI=1S/C10H19N3S/c1-4-5-9-12-13-10(14-9)7-11-6-8(2)3/h8,11H,4-7H2,1-3H3. The van der Waals surface area contributed by atoms with Crippen molar-refractivity contribution in [2.45, 2.75) is 40.2 Å². The predicted molar refractivity (Wildman–Crippen MR) is 60.4 cm³/mol. The number of rotatable bonds is 6. The number of hydrogen-bond donors (Lipinski definition) is 1. The summed E-state index contributed by atoms with van der Waals surface area (Å²) in [6.45, 7) is 8.48. The molecular weight excluding hydrogens is 194 g/mol. The highest BCUT2D eigenvalue weighted by molar-refractivity contribution is 7.11. The Labute approximate surface area is 89.9 Å². The first-order valence-electron chi connectivity index (χ1n) is 5.24. The SMILES string of the molecule is CCCc1nnc(CNCC(C)C)s1. The summed E-state index contributed by atoms with van der Waals surface area (Å²) in [4.78, 5) is 0. The molecular formula is C10H19N3S. The molecule has 0 aromatic carbocycles. The maximum absolute atomic E-state index is 4.14. The summed E-state index contributed by atoms with van der Waals surface area (Å²) in [5.41, 5.74) is 0. The second kappa shape index (κ2) is 6.09. The molecule has 1 N–H and O–H groups in total. The van der Waals surface area contributed by atoms with Gasteiger partial charge in [0.15, 0.2) is 0 Å². The predicted octanol–water partition coefficient (Wildman–Crippen LogP) is 2.24. The van der Waals surface area contributed by atoms with Gasteiger partial charge >= 0.3 is 0 Å². The minimum Gasteiger partial charge on any atom is -0.310 e. The molecule has 0 saturated carbocycles. The molecule has 0 atom stereocenters. The lowest BCUT2D eigenvalue weighted by atomic mass is 10.2. The number of nitrogens with one attached hydrogen (secondary N) is 1. The third-order valence-electron chi connectivity index (χ3n) is 1.80. The van der Waals surface area contributed by atoms with Crippen LogP contribution in [0.25, 0.3) is 0 Å². The summed E-state index contributed by atoms with van der Waals surface area (Å²) < 4.78 is 0. The van der Waals surface area contributed by atoms with E-state index in [-0.39, 0.29) is 0 Å². The van der Waals surface area contributed by atoms with Crippen LogP contribution in [0.15, 0.2) is 0 Å². The Morgan fingerprint density at radius 2 is 2.00 bits per heavy atom. The molecule has 3 nitrogen and oxygen atoms in total. The number of hydrogen-bond acceptors (Lipinski definition) is 4. The van der Waals surface area contributed by atoms with E-state index in [1.807, 2.05) is 0 Å². The van der Waals surface area contributed by atoms with Crippen molar-refractivity contribution >= 4 is 11.3 Å². The van der Waals surface area contributed by atoms with Crippen molar-refractivity contribution in [3.8, 4) is 0 Å². The second-order valence-electron chi connectivity index (χ2n) is 3.86. The first kappa shape index (κ1) is 11.6. The molecule has 0 unspecified atom stereocenters. The van der Waals surface area contributed by atoms with Crippen LogP contribution in [0, 0.1) is 5.92 Å². The van der Waals surface area contributed by atoms with Crippen molar-refractivity contribution < 1.29 is 0 Å². The van der Waals surface area contributed by atoms with Crippen LogP contribution in [0.5, 0.6) is 0 Å². The molecule has 80 valence electrons. The number of aryl methyl sites for hydroxylation is 1. The summed E-state index contributed by atoms with van der Waals surface area (Å²) in [6.07, 6.45) is 2.20. The first-order chi connectivity index (χ1) is 6.72. The van der Waals surface area contributed by atoms with Crippen molar-refractivity contribution in [1.82, 2.24) is 15.5 Å². The van der Waals surface area contributed by atoms with Crippen LogP contribution in [0.1, 0.15) is 37.2 Å². The molecule has 0 fully saturated rings. The summed E-state index contributed by atoms with van der Waals surface area (Å²) in [5.74, 6) is 0.693. The summed E-state index contributed by atoms with van der Waals surface area (Å²) >= 11 is 1.72. The first-order valence-corrected chi connectivity index (χ1v) is 6.06. The van der Waals surface area contributed by atoms with Gasteiger partial charge in [0.1, 0.15) is 10.0 Å². The molecule has 0 aliphatic carbocycles. The van der Waals surface area contributed by atoms with Crippen LogP contribution in [0.4, 0.5) is 0 Å². The van der Waals surface area contributed by atoms with Crippen LogP contribution < -0.4 is 5.32 Å². The topological polar surface area (TPSA) is 37.8 Å². The average Bonchev–Trinajstić information content (AvgIpc) is 2.53. The van der Waals surface area contributed by atoms with E-state index in [1.54, 1.807) is 11.3 Å². The lowest BCUT2D eigenvalue weighted by Gasteiger charge is -2.03. The zero-order valence-electron chi connectivity index (χ0n) is 9.21. The van der Waals surface area contributed by atoms with Gasteiger partial charge in [-0.3, -0.25) is 0 Å². The van der Waals surface area contributed by atoms with Crippen molar-refractivity contribution in [1.29, 1.82) is 0 Å². The molecule has 0 amide bonds. The van der Waals surface area contributed by atoms with E-state index < -0.39 is 0 Å². The van der Waals surface area contributed by atoms with Crippen molar-refractivity contribution in [3.05, 3.63) is 10.0 Å². The Kier molecular flexibility index (Phi) is 5.04. The molecule has 0 spiro atoms. The molecule has 1 heterocycles. The lowest BCUT2D eigenvalue weighted by molar-refractivity contribution is 0.550. The minimum absolute atomic E-state index is 0.693. The van der Waals surface area contributed by atoms with Gasteiger partial charge in [-0.15, -0.1) is 21.5 Å². The average molecular weight is 213 g/mol. The Balaban J connectivity index is 2.28. The zero-order valence-corrected chi connectivity index (χ0v) is 10.0. The number of aromatic nitrogens is 2. The van der Waals surface area contributed by atoms with Gasteiger partial charge in [0.2, 0.25) is 0 Å². The van der Waals surface area contributed by atoms with Gasteiger partial charge in [0.25, 0.3) is 0 Å². The monoisotopic (exact) mass is 213 g/mol. The molecule has 0 bridgehead atoms. The lowest BCUT2D eigenvalue weighted by Crippen LogP contribution is -2.18. The van der Waals surface area contributed by atoms with Crippen LogP contribution in [-0.4, -0.2) is 16.7 Å². The van der Waals surface area contributed by atoms with Gasteiger partial charge < -0.3 is 5.32 Å². The van der Waals surface area contributed by atoms with E-state index in [2.05, 4.69) is 36.3 Å². The summed E-state index contributed by atoms with van der Waals surface area (Å²) in [7, 11) is 0. The van der Waals surface area contributed by atoms with Crippen molar-refractivity contribution in [3.63, 3.8) is 0 Å². The van der Waals surface area contributed by atoms with Crippen molar-refractivity contribution in [2.24, 2.45) is 5.92 Å². The van der Waals surface area contributed by atoms with Gasteiger partial charge in [-0.1, -0.05) is 20.8 Å². The van der Waals surface area contributed by atoms with Gasteiger partial charge in [0.05, 0.1) is 0 Å². The molecule has 1 rings (SSSR count). The Bertz CT molecular complexity index is 258. The van der Waals surface area contributed by atoms with Gasteiger partial charge in [-0.05, 0) is 18.9 Å². The van der Waals surface area contributed by atoms with E-state index in [4.69, 9.17) is 0 Å². The second-order valence-corrected chi connectivity index (χ2v) is 5.01. The summed E-state index contributed by atoms with van der Waals surface area (Å²) in [5, 5.41) is 13.9. The fourth-order valence-electron chi connectivity index (χ4n) is 1.14. The molecule has 1 aromatic heterocycles. The van der Waals surface area contributed by atoms with Gasteiger partial charge in [-0.2, -0.15) is 0 Å². The summed E-state index contributed by atoms with van der Waals surface area (Å²) in [6, 6.07) is 0. The molecule has 4 heteroatoms. The van der Waals surface area contributed by atoms with Crippen LogP contribution in [0.3, 0.4) is 0 Å². The number of nitrogens with zero attached hydrogens (tertiary/aromatic N) is 2. The molecule has 0 aliphatic rings.